The van der Waals surface area contributed by atoms with Crippen LogP contribution in [0.2, 0.25) is 0 Å². The van der Waals surface area contributed by atoms with Gasteiger partial charge in [-0.3, -0.25) is 23.7 Å². The number of benzene rings is 1. The molecule has 12 nitrogen and oxygen atoms in total. The summed E-state index contributed by atoms with van der Waals surface area (Å²) in [5, 5.41) is 13.5. The third kappa shape index (κ3) is 7.53. The molecule has 0 amide bonds. The van der Waals surface area contributed by atoms with Crippen LogP contribution in [0, 0.1) is 5.92 Å². The van der Waals surface area contributed by atoms with E-state index in [-0.39, 0.29) is 18.3 Å². The number of H-pyrrole nitrogens is 1. The summed E-state index contributed by atoms with van der Waals surface area (Å²) >= 11 is 9.64. The van der Waals surface area contributed by atoms with Crippen molar-refractivity contribution in [3.8, 4) is 5.75 Å². The average molecular weight is 625 g/mol. The first kappa shape index (κ1) is 29.6. The van der Waals surface area contributed by atoms with Gasteiger partial charge in [0.1, 0.15) is 24.6 Å². The molecule has 0 saturated carbocycles. The molecule has 1 aliphatic rings. The number of aliphatic hydroxyl groups excluding tert-OH is 1. The first-order chi connectivity index (χ1) is 17.3. The van der Waals surface area contributed by atoms with Crippen LogP contribution in [0.3, 0.4) is 0 Å². The number of aliphatic hydroxyl groups is 1. The van der Waals surface area contributed by atoms with Gasteiger partial charge in [0.2, 0.25) is 0 Å². The summed E-state index contributed by atoms with van der Waals surface area (Å²) in [7, 11) is -4.12. The normalized spacial score (nSPS) is 26.0. The van der Waals surface area contributed by atoms with Gasteiger partial charge in [0.15, 0.2) is 10.0 Å². The van der Waals surface area contributed by atoms with E-state index in [9.17, 15) is 24.1 Å². The van der Waals surface area contributed by atoms with Crippen molar-refractivity contribution in [3.05, 3.63) is 63.4 Å². The van der Waals surface area contributed by atoms with Gasteiger partial charge in [-0.1, -0.05) is 59.6 Å². The number of aromatic amines is 1. The van der Waals surface area contributed by atoms with E-state index in [2.05, 4.69) is 26.0 Å². The summed E-state index contributed by atoms with van der Waals surface area (Å²) in [6, 6.07) is 8.71. The fourth-order valence-corrected chi connectivity index (χ4v) is 5.74. The maximum atomic E-state index is 13.7. The van der Waals surface area contributed by atoms with Crippen molar-refractivity contribution in [2.24, 2.45) is 5.92 Å². The molecule has 2 heterocycles. The van der Waals surface area contributed by atoms with Crippen LogP contribution in [-0.2, 0) is 23.4 Å². The molecule has 0 bridgehead atoms. The Labute approximate surface area is 225 Å². The standard InChI is InChI=1S/C22H28BrClN3O9P/c1-13(2)19(30)33-11-14(3)26-37(32,36-15-7-5-4-6-8-15)34-12-16-18(29)22(23,24)20(35-16)27-10-9-17(28)25-21(27)31/h4-10,13-14,16,18,20,29H,11-12H2,1-3H3,(H,26,32)(H,25,28,31)/t14-,16+,18+,20+,22-,37?/m0/s1. The summed E-state index contributed by atoms with van der Waals surface area (Å²) in [6.07, 6.45) is -2.68. The van der Waals surface area contributed by atoms with Crippen LogP contribution in [0.5, 0.6) is 5.75 Å². The minimum atomic E-state index is -4.12. The Kier molecular flexibility index (Phi) is 9.79. The Morgan fingerprint density at radius 3 is 2.59 bits per heavy atom. The number of carbonyl (C=O) groups is 1. The highest BCUT2D eigenvalue weighted by Crippen LogP contribution is 2.50. The largest absolute Gasteiger partial charge is 0.464 e. The maximum Gasteiger partial charge on any atom is 0.459 e. The molecular weight excluding hydrogens is 597 g/mol. The predicted molar refractivity (Wildman–Crippen MR) is 138 cm³/mol. The van der Waals surface area contributed by atoms with E-state index < -0.39 is 59.8 Å². The molecular formula is C22H28BrClN3O9P. The van der Waals surface area contributed by atoms with E-state index in [1.54, 1.807) is 51.1 Å². The molecule has 1 aromatic carbocycles. The molecule has 3 N–H and O–H groups in total. The molecule has 37 heavy (non-hydrogen) atoms. The molecule has 0 radical (unpaired) electrons. The first-order valence-corrected chi connectivity index (χ1v) is 14.0. The van der Waals surface area contributed by atoms with E-state index in [1.165, 1.54) is 6.20 Å². The summed E-state index contributed by atoms with van der Waals surface area (Å²) in [4.78, 5) is 37.5. The van der Waals surface area contributed by atoms with Crippen LogP contribution in [-0.4, -0.2) is 55.9 Å². The second-order valence-electron chi connectivity index (χ2n) is 8.68. The second-order valence-corrected chi connectivity index (χ2v) is 12.8. The lowest BCUT2D eigenvalue weighted by atomic mass is 10.2. The summed E-state index contributed by atoms with van der Waals surface area (Å²) in [5.41, 5.74) is -1.42. The lowest BCUT2D eigenvalue weighted by Crippen LogP contribution is -2.41. The van der Waals surface area contributed by atoms with E-state index in [0.717, 1.165) is 10.6 Å². The third-order valence-corrected chi connectivity index (χ3v) is 8.15. The Morgan fingerprint density at radius 1 is 1.30 bits per heavy atom. The third-order valence-electron chi connectivity index (χ3n) is 5.19. The number of halogens is 2. The summed E-state index contributed by atoms with van der Waals surface area (Å²) in [5.74, 6) is -0.516. The minimum absolute atomic E-state index is 0.103. The fraction of sp³-hybridized carbons (Fsp3) is 0.500. The minimum Gasteiger partial charge on any atom is -0.464 e. The molecule has 0 spiro atoms. The molecule has 204 valence electrons. The average Bonchev–Trinajstić information content (AvgIpc) is 3.05. The molecule has 1 fully saturated rings. The van der Waals surface area contributed by atoms with Crippen molar-refractivity contribution in [2.75, 3.05) is 13.2 Å². The first-order valence-electron chi connectivity index (χ1n) is 11.3. The zero-order valence-electron chi connectivity index (χ0n) is 20.2. The number of para-hydroxylation sites is 1. The van der Waals surface area contributed by atoms with Crippen LogP contribution in [0.4, 0.5) is 0 Å². The molecule has 0 aliphatic carbocycles. The van der Waals surface area contributed by atoms with Crippen LogP contribution in [0.15, 0.2) is 52.2 Å². The van der Waals surface area contributed by atoms with Crippen molar-refractivity contribution in [1.82, 2.24) is 14.6 Å². The van der Waals surface area contributed by atoms with Gasteiger partial charge in [0.25, 0.3) is 5.56 Å². The van der Waals surface area contributed by atoms with Gasteiger partial charge in [0, 0.05) is 18.3 Å². The molecule has 1 aromatic heterocycles. The number of esters is 1. The predicted octanol–water partition coefficient (Wildman–Crippen LogP) is 2.51. The smallest absolute Gasteiger partial charge is 0.459 e. The molecule has 15 heteroatoms. The van der Waals surface area contributed by atoms with E-state index in [1.807, 2.05) is 0 Å². The quantitative estimate of drug-likeness (QED) is 0.193. The van der Waals surface area contributed by atoms with Gasteiger partial charge < -0.3 is 19.1 Å². The highest BCUT2D eigenvalue weighted by Gasteiger charge is 2.55. The van der Waals surface area contributed by atoms with Crippen molar-refractivity contribution in [2.45, 2.75) is 49.0 Å². The van der Waals surface area contributed by atoms with Crippen LogP contribution in [0.1, 0.15) is 27.0 Å². The fourth-order valence-electron chi connectivity index (χ4n) is 3.28. The molecule has 1 saturated heterocycles. The van der Waals surface area contributed by atoms with E-state index in [0.29, 0.717) is 0 Å². The van der Waals surface area contributed by atoms with Crippen molar-refractivity contribution in [1.29, 1.82) is 0 Å². The van der Waals surface area contributed by atoms with Crippen LogP contribution < -0.4 is 20.9 Å². The maximum absolute atomic E-state index is 13.7. The SMILES string of the molecule is CC(C)C(=O)OC[C@H](C)NP(=O)(OC[C@H]1O[C@@H](n2ccc(=O)[nH]c2=O)[C@](Cl)(Br)[C@@H]1O)Oc1ccccc1. The lowest BCUT2D eigenvalue weighted by molar-refractivity contribution is -0.147. The Balaban J connectivity index is 1.75. The number of alkyl halides is 2. The van der Waals surface area contributed by atoms with Crippen molar-refractivity contribution in [3.63, 3.8) is 0 Å². The van der Waals surface area contributed by atoms with Crippen molar-refractivity contribution >= 4 is 41.2 Å². The zero-order chi connectivity index (χ0) is 27.4. The number of carbonyl (C=O) groups excluding carboxylic acids is 1. The van der Waals surface area contributed by atoms with Gasteiger partial charge in [-0.05, 0) is 19.1 Å². The summed E-state index contributed by atoms with van der Waals surface area (Å²) < 4.78 is 35.2. The highest BCUT2D eigenvalue weighted by atomic mass is 79.9. The van der Waals surface area contributed by atoms with E-state index >= 15 is 0 Å². The van der Waals surface area contributed by atoms with Crippen molar-refractivity contribution < 1.29 is 33.0 Å². The Hall–Kier alpha value is -1.99. The zero-order valence-corrected chi connectivity index (χ0v) is 23.4. The molecule has 1 aliphatic heterocycles. The number of hydrogen-bond donors (Lipinski definition) is 3. The molecule has 3 rings (SSSR count). The second kappa shape index (κ2) is 12.2. The number of nitrogens with zero attached hydrogens (tertiary/aromatic N) is 1. The summed E-state index contributed by atoms with van der Waals surface area (Å²) in [6.45, 7) is 4.43. The lowest BCUT2D eigenvalue weighted by Gasteiger charge is -2.25. The molecule has 1 unspecified atom stereocenters. The topological polar surface area (TPSA) is 158 Å². The van der Waals surface area contributed by atoms with Crippen LogP contribution in [0.25, 0.3) is 0 Å². The van der Waals surface area contributed by atoms with Gasteiger partial charge in [-0.15, -0.1) is 0 Å². The highest BCUT2D eigenvalue weighted by molar-refractivity contribution is 9.10. The van der Waals surface area contributed by atoms with Gasteiger partial charge in [-0.25, -0.2) is 14.4 Å². The number of aromatic nitrogens is 2. The van der Waals surface area contributed by atoms with Crippen LogP contribution >= 0.6 is 35.3 Å². The number of hydrogen-bond acceptors (Lipinski definition) is 9. The Bertz CT molecular complexity index is 1240. The van der Waals surface area contributed by atoms with Gasteiger partial charge in [-0.2, -0.15) is 0 Å². The monoisotopic (exact) mass is 623 g/mol. The van der Waals surface area contributed by atoms with E-state index in [4.69, 9.17) is 30.1 Å². The number of nitrogens with one attached hydrogen (secondary N) is 2. The molecule has 6 atom stereocenters. The molecule has 2 aromatic rings. The Morgan fingerprint density at radius 2 is 1.97 bits per heavy atom. The number of ether oxygens (including phenoxy) is 2. The van der Waals surface area contributed by atoms with Gasteiger partial charge in [0.05, 0.1) is 12.5 Å². The van der Waals surface area contributed by atoms with Gasteiger partial charge >= 0.3 is 19.4 Å². The number of rotatable bonds is 11.